The Hall–Kier alpha value is -4.42. The molecule has 206 valence electrons. The number of aromatic nitrogens is 2. The summed E-state index contributed by atoms with van der Waals surface area (Å²) in [5, 5.41) is 4.28. The van der Waals surface area contributed by atoms with Gasteiger partial charge in [-0.2, -0.15) is 0 Å². The molecule has 0 amide bonds. The molecule has 41 heavy (non-hydrogen) atoms. The predicted molar refractivity (Wildman–Crippen MR) is 170 cm³/mol. The summed E-state index contributed by atoms with van der Waals surface area (Å²) in [6.45, 7) is 10.9. The first-order chi connectivity index (χ1) is 19.8. The maximum atomic E-state index is 6.06. The van der Waals surface area contributed by atoms with Crippen LogP contribution in [0.5, 0.6) is 11.5 Å². The van der Waals surface area contributed by atoms with Crippen LogP contribution >= 0.6 is 12.2 Å². The van der Waals surface area contributed by atoms with Crippen LogP contribution in [-0.4, -0.2) is 14.7 Å². The van der Waals surface area contributed by atoms with E-state index in [1.54, 1.807) is 0 Å². The van der Waals surface area contributed by atoms with Gasteiger partial charge in [-0.3, -0.25) is 4.98 Å². The Morgan fingerprint density at radius 1 is 0.780 bits per heavy atom. The summed E-state index contributed by atoms with van der Waals surface area (Å²) in [7, 11) is 0. The summed E-state index contributed by atoms with van der Waals surface area (Å²) in [4.78, 5) is 6.96. The SMILES string of the molecule is Cc1cc(C)c(-n2c(C)cc([C@@H]3[C@@H](c4ccccn4)NC(=S)N3c3ccc(Oc4ccccc4)cc3)c2C)c(C)c1. The van der Waals surface area contributed by atoms with E-state index in [1.165, 1.54) is 39.3 Å². The van der Waals surface area contributed by atoms with Crippen molar-refractivity contribution in [2.75, 3.05) is 4.90 Å². The molecule has 5 aromatic rings. The zero-order valence-electron chi connectivity index (χ0n) is 24.1. The molecular formula is C35H34N4OS. The van der Waals surface area contributed by atoms with E-state index in [9.17, 15) is 0 Å². The average Bonchev–Trinajstić information content (AvgIpc) is 3.45. The molecule has 2 aromatic heterocycles. The molecule has 3 heterocycles. The number of para-hydroxylation sites is 1. The van der Waals surface area contributed by atoms with E-state index in [0.29, 0.717) is 5.11 Å². The summed E-state index contributed by atoms with van der Waals surface area (Å²) >= 11 is 6.00. The molecule has 3 aromatic carbocycles. The van der Waals surface area contributed by atoms with Crippen LogP contribution < -0.4 is 15.0 Å². The van der Waals surface area contributed by atoms with Gasteiger partial charge in [-0.15, -0.1) is 0 Å². The first-order valence-corrected chi connectivity index (χ1v) is 14.3. The Morgan fingerprint density at radius 3 is 2.10 bits per heavy atom. The van der Waals surface area contributed by atoms with E-state index < -0.39 is 0 Å². The van der Waals surface area contributed by atoms with Gasteiger partial charge in [0, 0.05) is 23.3 Å². The van der Waals surface area contributed by atoms with E-state index >= 15 is 0 Å². The first kappa shape index (κ1) is 26.8. The highest BCUT2D eigenvalue weighted by Crippen LogP contribution is 2.44. The molecule has 1 aliphatic rings. The van der Waals surface area contributed by atoms with E-state index in [0.717, 1.165) is 22.9 Å². The summed E-state index contributed by atoms with van der Waals surface area (Å²) in [5.41, 5.74) is 10.6. The number of thiocarbonyl (C=S) groups is 1. The highest BCUT2D eigenvalue weighted by atomic mass is 32.1. The molecule has 0 saturated carbocycles. The van der Waals surface area contributed by atoms with Crippen LogP contribution in [0.1, 0.15) is 51.4 Å². The van der Waals surface area contributed by atoms with E-state index in [2.05, 4.69) is 85.8 Å². The zero-order valence-corrected chi connectivity index (χ0v) is 24.9. The molecule has 0 radical (unpaired) electrons. The molecule has 1 fully saturated rings. The lowest BCUT2D eigenvalue weighted by molar-refractivity contribution is 0.482. The minimum atomic E-state index is -0.113. The second kappa shape index (κ2) is 10.9. The molecule has 6 heteroatoms. The second-order valence-electron chi connectivity index (χ2n) is 10.8. The molecule has 2 atom stereocenters. The highest BCUT2D eigenvalue weighted by molar-refractivity contribution is 7.80. The molecule has 1 aliphatic heterocycles. The summed E-state index contributed by atoms with van der Waals surface area (Å²) in [6, 6.07) is 30.6. The van der Waals surface area contributed by atoms with Crippen LogP contribution in [0.4, 0.5) is 5.69 Å². The third-order valence-corrected chi connectivity index (χ3v) is 8.15. The Kier molecular flexibility index (Phi) is 7.10. The smallest absolute Gasteiger partial charge is 0.174 e. The number of benzene rings is 3. The number of nitrogens with one attached hydrogen (secondary N) is 1. The largest absolute Gasteiger partial charge is 0.457 e. The van der Waals surface area contributed by atoms with Crippen molar-refractivity contribution in [1.29, 1.82) is 0 Å². The van der Waals surface area contributed by atoms with Gasteiger partial charge in [0.1, 0.15) is 11.5 Å². The number of hydrogen-bond acceptors (Lipinski definition) is 3. The van der Waals surface area contributed by atoms with Gasteiger partial charge in [-0.05, 0) is 118 Å². The molecule has 1 N–H and O–H groups in total. The van der Waals surface area contributed by atoms with Crippen LogP contribution in [0.25, 0.3) is 5.69 Å². The maximum absolute atomic E-state index is 6.06. The molecule has 1 saturated heterocycles. The lowest BCUT2D eigenvalue weighted by Crippen LogP contribution is -2.29. The van der Waals surface area contributed by atoms with E-state index in [1.807, 2.05) is 60.8 Å². The number of ether oxygens (including phenoxy) is 1. The van der Waals surface area contributed by atoms with Crippen LogP contribution in [-0.2, 0) is 0 Å². The number of rotatable bonds is 6. The number of anilines is 1. The Morgan fingerprint density at radius 2 is 1.44 bits per heavy atom. The molecular weight excluding hydrogens is 524 g/mol. The molecule has 0 aliphatic carbocycles. The van der Waals surface area contributed by atoms with Gasteiger partial charge in [-0.25, -0.2) is 0 Å². The van der Waals surface area contributed by atoms with Gasteiger partial charge < -0.3 is 19.5 Å². The number of nitrogens with zero attached hydrogens (tertiary/aromatic N) is 3. The summed E-state index contributed by atoms with van der Waals surface area (Å²) in [5.74, 6) is 1.58. The fraction of sp³-hybridized carbons (Fsp3) is 0.200. The third-order valence-electron chi connectivity index (χ3n) is 7.84. The second-order valence-corrected chi connectivity index (χ2v) is 11.2. The number of aryl methyl sites for hydroxylation is 4. The van der Waals surface area contributed by atoms with Crippen LogP contribution in [0.3, 0.4) is 0 Å². The number of hydrogen-bond donors (Lipinski definition) is 1. The van der Waals surface area contributed by atoms with Gasteiger partial charge in [0.2, 0.25) is 0 Å². The Labute approximate surface area is 247 Å². The van der Waals surface area contributed by atoms with Crippen molar-refractivity contribution in [3.8, 4) is 17.2 Å². The van der Waals surface area contributed by atoms with Crippen molar-refractivity contribution >= 4 is 23.0 Å². The maximum Gasteiger partial charge on any atom is 0.174 e. The van der Waals surface area contributed by atoms with Crippen LogP contribution in [0.2, 0.25) is 0 Å². The fourth-order valence-electron chi connectivity index (χ4n) is 6.20. The van der Waals surface area contributed by atoms with Crippen molar-refractivity contribution in [3.05, 3.63) is 137 Å². The molecule has 6 rings (SSSR count). The quantitative estimate of drug-likeness (QED) is 0.212. The van der Waals surface area contributed by atoms with Gasteiger partial charge >= 0.3 is 0 Å². The Bertz CT molecular complexity index is 1690. The van der Waals surface area contributed by atoms with Gasteiger partial charge in [-0.1, -0.05) is 42.0 Å². The van der Waals surface area contributed by atoms with Gasteiger partial charge in [0.05, 0.1) is 23.5 Å². The zero-order chi connectivity index (χ0) is 28.7. The third kappa shape index (κ3) is 5.00. The monoisotopic (exact) mass is 558 g/mol. The molecule has 0 unspecified atom stereocenters. The van der Waals surface area contributed by atoms with Gasteiger partial charge in [0.25, 0.3) is 0 Å². The van der Waals surface area contributed by atoms with E-state index in [4.69, 9.17) is 21.9 Å². The van der Waals surface area contributed by atoms with E-state index in [-0.39, 0.29) is 12.1 Å². The Balaban J connectivity index is 1.45. The predicted octanol–water partition coefficient (Wildman–Crippen LogP) is 8.38. The standard InChI is InChI=1S/C35H34N4OS/c1-22-19-23(2)33(24(3)20-22)38-25(4)21-30(26(38)5)34-32(31-13-9-10-18-36-31)37-35(41)39(34)27-14-16-29(17-15-27)40-28-11-7-6-8-12-28/h6-21,32,34H,1-5H3,(H,37,41)/t32-,34-/m1/s1. The van der Waals surface area contributed by atoms with Crippen molar-refractivity contribution in [3.63, 3.8) is 0 Å². The lowest BCUT2D eigenvalue weighted by Gasteiger charge is -2.28. The number of pyridine rings is 1. The summed E-state index contributed by atoms with van der Waals surface area (Å²) < 4.78 is 8.46. The van der Waals surface area contributed by atoms with Crippen LogP contribution in [0, 0.1) is 34.6 Å². The fourth-order valence-corrected chi connectivity index (χ4v) is 6.55. The van der Waals surface area contributed by atoms with Crippen molar-refractivity contribution < 1.29 is 4.74 Å². The van der Waals surface area contributed by atoms with Crippen molar-refractivity contribution in [2.45, 2.75) is 46.7 Å². The molecule has 0 spiro atoms. The normalized spacial score (nSPS) is 16.6. The van der Waals surface area contributed by atoms with Crippen molar-refractivity contribution in [2.24, 2.45) is 0 Å². The van der Waals surface area contributed by atoms with Crippen LogP contribution in [0.15, 0.2) is 97.2 Å². The summed E-state index contributed by atoms with van der Waals surface area (Å²) in [6.07, 6.45) is 1.85. The van der Waals surface area contributed by atoms with Gasteiger partial charge in [0.15, 0.2) is 5.11 Å². The first-order valence-electron chi connectivity index (χ1n) is 13.9. The minimum Gasteiger partial charge on any atom is -0.457 e. The lowest BCUT2D eigenvalue weighted by atomic mass is 9.96. The molecule has 0 bridgehead atoms. The van der Waals surface area contributed by atoms with Crippen molar-refractivity contribution in [1.82, 2.24) is 14.9 Å². The highest BCUT2D eigenvalue weighted by Gasteiger charge is 2.42. The topological polar surface area (TPSA) is 42.3 Å². The minimum absolute atomic E-state index is 0.0932. The molecule has 5 nitrogen and oxygen atoms in total. The average molecular weight is 559 g/mol.